The molecule has 0 radical (unpaired) electrons. The fraction of sp³-hybridized carbons (Fsp3) is 0.160. The minimum Gasteiger partial charge on any atom is -0.361 e. The summed E-state index contributed by atoms with van der Waals surface area (Å²) in [5.74, 6) is -0.590. The van der Waals surface area contributed by atoms with Crippen LogP contribution in [0.4, 0.5) is 18.9 Å². The van der Waals surface area contributed by atoms with Crippen molar-refractivity contribution < 1.29 is 18.0 Å². The number of hydrogen-bond acceptors (Lipinski definition) is 2. The van der Waals surface area contributed by atoms with Gasteiger partial charge in [-0.15, -0.1) is 0 Å². The van der Waals surface area contributed by atoms with E-state index in [4.69, 9.17) is 11.6 Å². The minimum atomic E-state index is -4.65. The quantitative estimate of drug-likeness (QED) is 0.294. The molecule has 4 aromatic rings. The second-order valence-electron chi connectivity index (χ2n) is 7.58. The van der Waals surface area contributed by atoms with Gasteiger partial charge >= 0.3 is 6.18 Å². The van der Waals surface area contributed by atoms with E-state index in [0.717, 1.165) is 28.6 Å². The molecule has 1 atom stereocenters. The summed E-state index contributed by atoms with van der Waals surface area (Å²) in [5.41, 5.74) is 1.43. The molecular formula is C25H21ClF3N3O. The van der Waals surface area contributed by atoms with Gasteiger partial charge in [-0.05, 0) is 41.8 Å². The fourth-order valence-electron chi connectivity index (χ4n) is 3.76. The molecule has 4 rings (SSSR count). The van der Waals surface area contributed by atoms with Gasteiger partial charge in [-0.2, -0.15) is 13.2 Å². The number of aromatic nitrogens is 1. The van der Waals surface area contributed by atoms with Gasteiger partial charge in [0.25, 0.3) is 0 Å². The number of anilines is 1. The second kappa shape index (κ2) is 9.68. The van der Waals surface area contributed by atoms with Crippen LogP contribution in [-0.4, -0.2) is 17.4 Å². The standard InChI is InChI=1S/C25H21ClF3N3O/c26-18-10-11-22(20(14-18)25(27,28)29)32-24(33)23(16-6-2-1-3-7-16)30-13-12-17-15-31-21-9-5-4-8-19(17)21/h1-11,14-15,23,30-31H,12-13H2,(H,32,33)/t23-/m1/s1. The number of rotatable bonds is 7. The molecule has 4 nitrogen and oxygen atoms in total. The van der Waals surface area contributed by atoms with E-state index in [1.807, 2.05) is 36.5 Å². The number of fused-ring (bicyclic) bond motifs is 1. The molecule has 0 fully saturated rings. The number of nitrogens with one attached hydrogen (secondary N) is 3. The number of alkyl halides is 3. The maximum Gasteiger partial charge on any atom is 0.418 e. The van der Waals surface area contributed by atoms with E-state index in [9.17, 15) is 18.0 Å². The zero-order valence-electron chi connectivity index (χ0n) is 17.4. The number of aromatic amines is 1. The highest BCUT2D eigenvalue weighted by Gasteiger charge is 2.35. The molecule has 0 bridgehead atoms. The summed E-state index contributed by atoms with van der Waals surface area (Å²) >= 11 is 5.75. The number of halogens is 4. The van der Waals surface area contributed by atoms with Gasteiger partial charge in [-0.3, -0.25) is 4.79 Å². The Hall–Kier alpha value is -3.29. The van der Waals surface area contributed by atoms with E-state index in [1.54, 1.807) is 24.3 Å². The molecule has 0 saturated carbocycles. The topological polar surface area (TPSA) is 56.9 Å². The summed E-state index contributed by atoms with van der Waals surface area (Å²) < 4.78 is 40.4. The lowest BCUT2D eigenvalue weighted by atomic mass is 10.0. The van der Waals surface area contributed by atoms with E-state index >= 15 is 0 Å². The first-order valence-corrected chi connectivity index (χ1v) is 10.7. The highest BCUT2D eigenvalue weighted by atomic mass is 35.5. The Balaban J connectivity index is 1.53. The Bertz CT molecular complexity index is 1250. The average Bonchev–Trinajstić information content (AvgIpc) is 3.21. The van der Waals surface area contributed by atoms with Gasteiger partial charge in [0, 0.05) is 28.7 Å². The number of carbonyl (C=O) groups is 1. The Kier molecular flexibility index (Phi) is 6.72. The number of amides is 1. The highest BCUT2D eigenvalue weighted by Crippen LogP contribution is 2.36. The Labute approximate surface area is 193 Å². The van der Waals surface area contributed by atoms with Crippen molar-refractivity contribution in [3.05, 3.63) is 101 Å². The van der Waals surface area contributed by atoms with E-state index < -0.39 is 23.7 Å². The van der Waals surface area contributed by atoms with Crippen LogP contribution in [0.15, 0.2) is 79.0 Å². The molecule has 0 saturated heterocycles. The number of H-pyrrole nitrogens is 1. The molecule has 33 heavy (non-hydrogen) atoms. The van der Waals surface area contributed by atoms with Crippen LogP contribution in [0.3, 0.4) is 0 Å². The summed E-state index contributed by atoms with van der Waals surface area (Å²) in [6.07, 6.45) is -2.10. The normalized spacial score (nSPS) is 12.6. The lowest BCUT2D eigenvalue weighted by molar-refractivity contribution is -0.137. The molecule has 3 N–H and O–H groups in total. The smallest absolute Gasteiger partial charge is 0.361 e. The summed E-state index contributed by atoms with van der Waals surface area (Å²) in [4.78, 5) is 16.3. The van der Waals surface area contributed by atoms with Crippen molar-refractivity contribution in [1.82, 2.24) is 10.3 Å². The van der Waals surface area contributed by atoms with Gasteiger partial charge in [0.05, 0.1) is 11.3 Å². The first kappa shape index (κ1) is 22.9. The predicted molar refractivity (Wildman–Crippen MR) is 124 cm³/mol. The number of benzene rings is 3. The van der Waals surface area contributed by atoms with Crippen LogP contribution in [-0.2, 0) is 17.4 Å². The molecule has 1 aromatic heterocycles. The summed E-state index contributed by atoms with van der Waals surface area (Å²) in [5, 5.41) is 6.66. The van der Waals surface area contributed by atoms with Gasteiger partial charge in [0.1, 0.15) is 6.04 Å². The van der Waals surface area contributed by atoms with Crippen LogP contribution in [0.25, 0.3) is 10.9 Å². The summed E-state index contributed by atoms with van der Waals surface area (Å²) in [6.45, 7) is 0.446. The molecule has 0 spiro atoms. The third-order valence-corrected chi connectivity index (χ3v) is 5.59. The number of hydrogen-bond donors (Lipinski definition) is 3. The molecule has 170 valence electrons. The van der Waals surface area contributed by atoms with E-state index in [0.29, 0.717) is 18.5 Å². The van der Waals surface area contributed by atoms with Gasteiger partial charge in [0.15, 0.2) is 0 Å². The van der Waals surface area contributed by atoms with Crippen molar-refractivity contribution >= 4 is 34.1 Å². The van der Waals surface area contributed by atoms with Crippen molar-refractivity contribution in [3.8, 4) is 0 Å². The zero-order valence-corrected chi connectivity index (χ0v) is 18.2. The predicted octanol–water partition coefficient (Wildman–Crippen LogP) is 6.35. The molecule has 8 heteroatoms. The lowest BCUT2D eigenvalue weighted by Crippen LogP contribution is -2.34. The van der Waals surface area contributed by atoms with E-state index in [-0.39, 0.29) is 10.7 Å². The van der Waals surface area contributed by atoms with Crippen LogP contribution < -0.4 is 10.6 Å². The third kappa shape index (κ3) is 5.38. The molecular weight excluding hydrogens is 451 g/mol. The van der Waals surface area contributed by atoms with Crippen LogP contribution >= 0.6 is 11.6 Å². The molecule has 0 aliphatic rings. The van der Waals surface area contributed by atoms with E-state index in [1.165, 1.54) is 6.07 Å². The van der Waals surface area contributed by atoms with E-state index in [2.05, 4.69) is 15.6 Å². The first-order valence-electron chi connectivity index (χ1n) is 10.3. The van der Waals surface area contributed by atoms with Crippen molar-refractivity contribution in [1.29, 1.82) is 0 Å². The van der Waals surface area contributed by atoms with Crippen molar-refractivity contribution in [2.75, 3.05) is 11.9 Å². The zero-order chi connectivity index (χ0) is 23.4. The van der Waals surface area contributed by atoms with Crippen molar-refractivity contribution in [3.63, 3.8) is 0 Å². The Morgan fingerprint density at radius 2 is 1.73 bits per heavy atom. The van der Waals surface area contributed by atoms with Gasteiger partial charge in [-0.1, -0.05) is 60.1 Å². The maximum atomic E-state index is 13.5. The minimum absolute atomic E-state index is 0.0585. The molecule has 1 heterocycles. The SMILES string of the molecule is O=C(Nc1ccc(Cl)cc1C(F)(F)F)[C@H](NCCc1c[nH]c2ccccc12)c1ccccc1. The van der Waals surface area contributed by atoms with Crippen molar-refractivity contribution in [2.24, 2.45) is 0 Å². The monoisotopic (exact) mass is 471 g/mol. The van der Waals surface area contributed by atoms with Gasteiger partial charge < -0.3 is 15.6 Å². The van der Waals surface area contributed by atoms with Gasteiger partial charge in [-0.25, -0.2) is 0 Å². The highest BCUT2D eigenvalue weighted by molar-refractivity contribution is 6.30. The lowest BCUT2D eigenvalue weighted by Gasteiger charge is -2.21. The third-order valence-electron chi connectivity index (χ3n) is 5.36. The largest absolute Gasteiger partial charge is 0.418 e. The maximum absolute atomic E-state index is 13.5. The summed E-state index contributed by atoms with van der Waals surface area (Å²) in [6, 6.07) is 19.2. The Morgan fingerprint density at radius 1 is 1.00 bits per heavy atom. The second-order valence-corrected chi connectivity index (χ2v) is 8.02. The van der Waals surface area contributed by atoms with Crippen LogP contribution in [0.5, 0.6) is 0 Å². The van der Waals surface area contributed by atoms with Crippen molar-refractivity contribution in [2.45, 2.75) is 18.6 Å². The van der Waals surface area contributed by atoms with Gasteiger partial charge in [0.2, 0.25) is 5.91 Å². The van der Waals surface area contributed by atoms with Crippen LogP contribution in [0.1, 0.15) is 22.7 Å². The first-order chi connectivity index (χ1) is 15.8. The van der Waals surface area contributed by atoms with Crippen LogP contribution in [0, 0.1) is 0 Å². The van der Waals surface area contributed by atoms with Crippen LogP contribution in [0.2, 0.25) is 5.02 Å². The average molecular weight is 472 g/mol. The Morgan fingerprint density at radius 3 is 2.48 bits per heavy atom. The molecule has 3 aromatic carbocycles. The number of para-hydroxylation sites is 1. The number of carbonyl (C=O) groups excluding carboxylic acids is 1. The molecule has 0 unspecified atom stereocenters. The fourth-order valence-corrected chi connectivity index (χ4v) is 3.93. The summed E-state index contributed by atoms with van der Waals surface area (Å²) in [7, 11) is 0. The molecule has 0 aliphatic carbocycles. The molecule has 0 aliphatic heterocycles. The molecule has 1 amide bonds.